The molecule has 0 aliphatic rings. The van der Waals surface area contributed by atoms with Gasteiger partial charge >= 0.3 is 0 Å². The van der Waals surface area contributed by atoms with E-state index in [0.29, 0.717) is 0 Å². The molecule has 0 saturated heterocycles. The van der Waals surface area contributed by atoms with Crippen molar-refractivity contribution in [3.63, 3.8) is 0 Å². The zero-order valence-electron chi connectivity index (χ0n) is 13.1. The van der Waals surface area contributed by atoms with Crippen molar-refractivity contribution in [1.29, 1.82) is 0 Å². The van der Waals surface area contributed by atoms with E-state index in [2.05, 4.69) is 6.92 Å². The first kappa shape index (κ1) is 17.0. The van der Waals surface area contributed by atoms with Gasteiger partial charge in [0.15, 0.2) is 0 Å². The SMILES string of the molecule is CCCCCCCCCCOc1ccc(C(C)O)cc1. The zero-order valence-corrected chi connectivity index (χ0v) is 13.1. The molecule has 0 heterocycles. The number of unbranched alkanes of at least 4 members (excludes halogenated alkanes) is 7. The summed E-state index contributed by atoms with van der Waals surface area (Å²) in [6.45, 7) is 4.82. The highest BCUT2D eigenvalue weighted by Gasteiger charge is 2.00. The van der Waals surface area contributed by atoms with E-state index in [9.17, 15) is 5.11 Å². The van der Waals surface area contributed by atoms with Crippen molar-refractivity contribution in [2.75, 3.05) is 6.61 Å². The Morgan fingerprint density at radius 1 is 0.900 bits per heavy atom. The van der Waals surface area contributed by atoms with E-state index in [1.807, 2.05) is 24.3 Å². The molecule has 0 fully saturated rings. The average Bonchev–Trinajstić information content (AvgIpc) is 2.46. The third-order valence-electron chi connectivity index (χ3n) is 3.63. The second-order valence-electron chi connectivity index (χ2n) is 5.57. The van der Waals surface area contributed by atoms with Crippen molar-refractivity contribution in [2.24, 2.45) is 0 Å². The van der Waals surface area contributed by atoms with Gasteiger partial charge in [0.1, 0.15) is 5.75 Å². The summed E-state index contributed by atoms with van der Waals surface area (Å²) in [5.74, 6) is 0.900. The molecule has 1 aromatic rings. The predicted octanol–water partition coefficient (Wildman–Crippen LogP) is 5.26. The zero-order chi connectivity index (χ0) is 14.6. The smallest absolute Gasteiger partial charge is 0.119 e. The normalized spacial score (nSPS) is 12.3. The lowest BCUT2D eigenvalue weighted by molar-refractivity contribution is 0.199. The molecule has 0 aliphatic carbocycles. The van der Waals surface area contributed by atoms with Crippen LogP contribution in [-0.4, -0.2) is 11.7 Å². The van der Waals surface area contributed by atoms with Crippen LogP contribution in [0.25, 0.3) is 0 Å². The second kappa shape index (κ2) is 10.7. The lowest BCUT2D eigenvalue weighted by Crippen LogP contribution is -1.98. The van der Waals surface area contributed by atoms with Crippen molar-refractivity contribution in [3.8, 4) is 5.75 Å². The Morgan fingerprint density at radius 3 is 2.00 bits per heavy atom. The largest absolute Gasteiger partial charge is 0.494 e. The number of aliphatic hydroxyl groups excluding tert-OH is 1. The summed E-state index contributed by atoms with van der Waals surface area (Å²) < 4.78 is 5.70. The van der Waals surface area contributed by atoms with Gasteiger partial charge in [-0.3, -0.25) is 0 Å². The molecule has 0 bridgehead atoms. The minimum Gasteiger partial charge on any atom is -0.494 e. The van der Waals surface area contributed by atoms with Crippen LogP contribution in [0.3, 0.4) is 0 Å². The number of hydrogen-bond donors (Lipinski definition) is 1. The second-order valence-corrected chi connectivity index (χ2v) is 5.57. The molecule has 1 atom stereocenters. The van der Waals surface area contributed by atoms with Gasteiger partial charge in [-0.05, 0) is 31.0 Å². The topological polar surface area (TPSA) is 29.5 Å². The standard InChI is InChI=1S/C18H30O2/c1-3-4-5-6-7-8-9-10-15-20-18-13-11-17(12-14-18)16(2)19/h11-14,16,19H,3-10,15H2,1-2H3. The molecule has 1 N–H and O–H groups in total. The van der Waals surface area contributed by atoms with Crippen molar-refractivity contribution in [1.82, 2.24) is 0 Å². The van der Waals surface area contributed by atoms with Crippen LogP contribution in [0.1, 0.15) is 76.9 Å². The molecule has 0 radical (unpaired) electrons. The van der Waals surface area contributed by atoms with Crippen LogP contribution in [0, 0.1) is 0 Å². The van der Waals surface area contributed by atoms with Crippen LogP contribution in [0.5, 0.6) is 5.75 Å². The Kier molecular flexibility index (Phi) is 9.14. The minimum absolute atomic E-state index is 0.406. The fourth-order valence-corrected chi connectivity index (χ4v) is 2.27. The molecule has 2 heteroatoms. The van der Waals surface area contributed by atoms with E-state index in [1.165, 1.54) is 44.9 Å². The summed E-state index contributed by atoms with van der Waals surface area (Å²) in [6, 6.07) is 7.72. The van der Waals surface area contributed by atoms with Gasteiger partial charge in [0, 0.05) is 0 Å². The van der Waals surface area contributed by atoms with Gasteiger partial charge in [-0.15, -0.1) is 0 Å². The lowest BCUT2D eigenvalue weighted by atomic mass is 10.1. The van der Waals surface area contributed by atoms with Crippen molar-refractivity contribution in [3.05, 3.63) is 29.8 Å². The minimum atomic E-state index is -0.406. The van der Waals surface area contributed by atoms with Gasteiger partial charge in [-0.1, -0.05) is 64.0 Å². The maximum atomic E-state index is 9.42. The Morgan fingerprint density at radius 2 is 1.45 bits per heavy atom. The van der Waals surface area contributed by atoms with Crippen LogP contribution in [0.4, 0.5) is 0 Å². The Balaban J connectivity index is 2.01. The third-order valence-corrected chi connectivity index (χ3v) is 3.63. The van der Waals surface area contributed by atoms with E-state index in [0.717, 1.165) is 24.3 Å². The maximum absolute atomic E-state index is 9.42. The molecule has 1 unspecified atom stereocenters. The van der Waals surface area contributed by atoms with Crippen molar-refractivity contribution >= 4 is 0 Å². The highest BCUT2D eigenvalue weighted by molar-refractivity contribution is 5.28. The van der Waals surface area contributed by atoms with E-state index >= 15 is 0 Å². The van der Waals surface area contributed by atoms with E-state index in [-0.39, 0.29) is 0 Å². The lowest BCUT2D eigenvalue weighted by Gasteiger charge is -2.08. The highest BCUT2D eigenvalue weighted by atomic mass is 16.5. The van der Waals surface area contributed by atoms with Crippen molar-refractivity contribution in [2.45, 2.75) is 71.3 Å². The molecule has 0 spiro atoms. The Labute approximate surface area is 124 Å². The average molecular weight is 278 g/mol. The first-order valence-electron chi connectivity index (χ1n) is 8.15. The number of rotatable bonds is 11. The van der Waals surface area contributed by atoms with Gasteiger partial charge in [0.25, 0.3) is 0 Å². The van der Waals surface area contributed by atoms with Crippen LogP contribution in [-0.2, 0) is 0 Å². The molecule has 20 heavy (non-hydrogen) atoms. The summed E-state index contributed by atoms with van der Waals surface area (Å²) in [7, 11) is 0. The Bertz CT molecular complexity index is 330. The molecule has 0 aliphatic heterocycles. The molecule has 1 aromatic carbocycles. The molecule has 0 saturated carbocycles. The molecule has 114 valence electrons. The Hall–Kier alpha value is -1.02. The summed E-state index contributed by atoms with van der Waals surface area (Å²) >= 11 is 0. The van der Waals surface area contributed by atoms with E-state index in [1.54, 1.807) is 6.92 Å². The number of aliphatic hydroxyl groups is 1. The molecule has 2 nitrogen and oxygen atoms in total. The number of ether oxygens (including phenoxy) is 1. The van der Waals surface area contributed by atoms with Crippen LogP contribution < -0.4 is 4.74 Å². The van der Waals surface area contributed by atoms with Crippen LogP contribution >= 0.6 is 0 Å². The molecular weight excluding hydrogens is 248 g/mol. The van der Waals surface area contributed by atoms with E-state index in [4.69, 9.17) is 4.74 Å². The fraction of sp³-hybridized carbons (Fsp3) is 0.667. The van der Waals surface area contributed by atoms with Gasteiger partial charge in [-0.25, -0.2) is 0 Å². The molecule has 0 amide bonds. The monoisotopic (exact) mass is 278 g/mol. The predicted molar refractivity (Wildman–Crippen MR) is 85.2 cm³/mol. The van der Waals surface area contributed by atoms with Crippen LogP contribution in [0.15, 0.2) is 24.3 Å². The quantitative estimate of drug-likeness (QED) is 0.559. The first-order chi connectivity index (χ1) is 9.74. The molecule has 1 rings (SSSR count). The van der Waals surface area contributed by atoms with Gasteiger partial charge in [0.05, 0.1) is 12.7 Å². The van der Waals surface area contributed by atoms with Crippen LogP contribution in [0.2, 0.25) is 0 Å². The van der Waals surface area contributed by atoms with Gasteiger partial charge < -0.3 is 9.84 Å². The maximum Gasteiger partial charge on any atom is 0.119 e. The number of benzene rings is 1. The molecular formula is C18H30O2. The molecule has 0 aromatic heterocycles. The number of hydrogen-bond acceptors (Lipinski definition) is 2. The summed E-state index contributed by atoms with van der Waals surface area (Å²) in [4.78, 5) is 0. The first-order valence-corrected chi connectivity index (χ1v) is 8.15. The fourth-order valence-electron chi connectivity index (χ4n) is 2.27. The third kappa shape index (κ3) is 7.54. The summed E-state index contributed by atoms with van der Waals surface area (Å²) in [5.41, 5.74) is 0.935. The van der Waals surface area contributed by atoms with E-state index < -0.39 is 6.10 Å². The summed E-state index contributed by atoms with van der Waals surface area (Å²) in [6.07, 6.45) is 10.2. The summed E-state index contributed by atoms with van der Waals surface area (Å²) in [5, 5.41) is 9.42. The van der Waals surface area contributed by atoms with Gasteiger partial charge in [0.2, 0.25) is 0 Å². The highest BCUT2D eigenvalue weighted by Crippen LogP contribution is 2.17. The van der Waals surface area contributed by atoms with Gasteiger partial charge in [-0.2, -0.15) is 0 Å². The van der Waals surface area contributed by atoms with Crippen molar-refractivity contribution < 1.29 is 9.84 Å².